The van der Waals surface area contributed by atoms with E-state index in [9.17, 15) is 13.2 Å². The Morgan fingerprint density at radius 2 is 2.07 bits per heavy atom. The summed E-state index contributed by atoms with van der Waals surface area (Å²) in [4.78, 5) is 11.5. The maximum atomic E-state index is 14.0. The summed E-state index contributed by atoms with van der Waals surface area (Å²) in [5, 5.41) is 3.64. The standard InChI is InChI=1S/C19H19F3N4O/c1-10(2)27-15-7-11(20)3-4-14(15)26-18-16-12-8-19(21,22)6-5-13(12)25-17(16)23-9-24-18/h3-4,7,9-10H,5-6,8H2,1-2H3,(H2,23,24,25,26). The summed E-state index contributed by atoms with van der Waals surface area (Å²) in [7, 11) is 0. The number of hydrogen-bond acceptors (Lipinski definition) is 4. The SMILES string of the molecule is CC(C)Oc1cc(F)ccc1Nc1ncnc2[nH]c3c(c12)CC(F)(F)CC3. The predicted molar refractivity (Wildman–Crippen MR) is 96.3 cm³/mol. The third-order valence-electron chi connectivity index (χ3n) is 4.52. The Kier molecular flexibility index (Phi) is 4.20. The minimum Gasteiger partial charge on any atom is -0.489 e. The smallest absolute Gasteiger partial charge is 0.252 e. The second kappa shape index (κ2) is 6.44. The number of hydrogen-bond donors (Lipinski definition) is 2. The molecular formula is C19H19F3N4O. The lowest BCUT2D eigenvalue weighted by Crippen LogP contribution is -2.25. The van der Waals surface area contributed by atoms with Crippen molar-refractivity contribution in [2.75, 3.05) is 5.32 Å². The Balaban J connectivity index is 1.79. The first-order valence-corrected chi connectivity index (χ1v) is 8.78. The van der Waals surface area contributed by atoms with Crippen molar-refractivity contribution in [3.8, 4) is 5.75 Å². The summed E-state index contributed by atoms with van der Waals surface area (Å²) in [6.45, 7) is 3.67. The zero-order chi connectivity index (χ0) is 19.2. The van der Waals surface area contributed by atoms with Gasteiger partial charge in [0.15, 0.2) is 0 Å². The third kappa shape index (κ3) is 3.43. The van der Waals surface area contributed by atoms with Crippen LogP contribution in [0.3, 0.4) is 0 Å². The minimum atomic E-state index is -2.75. The Hall–Kier alpha value is -2.77. The number of aromatic nitrogens is 3. The quantitative estimate of drug-likeness (QED) is 0.690. The van der Waals surface area contributed by atoms with Crippen molar-refractivity contribution in [2.24, 2.45) is 0 Å². The fraction of sp³-hybridized carbons (Fsp3) is 0.368. The van der Waals surface area contributed by atoms with Crippen LogP contribution in [-0.4, -0.2) is 27.0 Å². The van der Waals surface area contributed by atoms with Gasteiger partial charge in [0.25, 0.3) is 5.92 Å². The number of ether oxygens (including phenoxy) is 1. The summed E-state index contributed by atoms with van der Waals surface area (Å²) in [5.41, 5.74) is 2.29. The molecule has 3 aromatic rings. The molecule has 0 saturated carbocycles. The lowest BCUT2D eigenvalue weighted by atomic mass is 9.93. The van der Waals surface area contributed by atoms with E-state index in [1.807, 2.05) is 13.8 Å². The van der Waals surface area contributed by atoms with E-state index < -0.39 is 11.7 Å². The summed E-state index contributed by atoms with van der Waals surface area (Å²) >= 11 is 0. The Labute approximate surface area is 154 Å². The molecule has 1 aliphatic carbocycles. The molecule has 0 bridgehead atoms. The van der Waals surface area contributed by atoms with E-state index in [-0.39, 0.29) is 25.4 Å². The fourth-order valence-electron chi connectivity index (χ4n) is 3.37. The fourth-order valence-corrected chi connectivity index (χ4v) is 3.37. The maximum absolute atomic E-state index is 14.0. The molecule has 8 heteroatoms. The molecule has 0 saturated heterocycles. The van der Waals surface area contributed by atoms with E-state index in [1.165, 1.54) is 24.5 Å². The highest BCUT2D eigenvalue weighted by atomic mass is 19.3. The largest absolute Gasteiger partial charge is 0.489 e. The first-order valence-electron chi connectivity index (χ1n) is 8.78. The molecule has 2 heterocycles. The molecule has 0 unspecified atom stereocenters. The topological polar surface area (TPSA) is 62.8 Å². The highest BCUT2D eigenvalue weighted by Crippen LogP contribution is 2.39. The predicted octanol–water partition coefficient (Wildman–Crippen LogP) is 4.75. The second-order valence-corrected chi connectivity index (χ2v) is 6.99. The molecule has 1 aliphatic rings. The Morgan fingerprint density at radius 1 is 1.26 bits per heavy atom. The van der Waals surface area contributed by atoms with Crippen LogP contribution in [0.1, 0.15) is 31.5 Å². The third-order valence-corrected chi connectivity index (χ3v) is 4.52. The van der Waals surface area contributed by atoms with Crippen molar-refractivity contribution in [1.82, 2.24) is 15.0 Å². The molecule has 4 rings (SSSR count). The van der Waals surface area contributed by atoms with Gasteiger partial charge in [-0.3, -0.25) is 0 Å². The van der Waals surface area contributed by atoms with E-state index in [0.29, 0.717) is 33.9 Å². The summed E-state index contributed by atoms with van der Waals surface area (Å²) in [5.74, 6) is -2.47. The molecule has 0 radical (unpaired) electrons. The molecule has 1 aromatic carbocycles. The number of aryl methyl sites for hydroxylation is 1. The van der Waals surface area contributed by atoms with Gasteiger partial charge >= 0.3 is 0 Å². The van der Waals surface area contributed by atoms with E-state index in [1.54, 1.807) is 0 Å². The van der Waals surface area contributed by atoms with Gasteiger partial charge in [-0.25, -0.2) is 23.1 Å². The molecule has 27 heavy (non-hydrogen) atoms. The molecular weight excluding hydrogens is 357 g/mol. The number of rotatable bonds is 4. The van der Waals surface area contributed by atoms with Gasteiger partial charge in [0.2, 0.25) is 0 Å². The van der Waals surface area contributed by atoms with Crippen LogP contribution in [0.4, 0.5) is 24.7 Å². The number of H-pyrrole nitrogens is 1. The van der Waals surface area contributed by atoms with Crippen LogP contribution in [0.25, 0.3) is 11.0 Å². The number of nitrogens with zero attached hydrogens (tertiary/aromatic N) is 2. The van der Waals surface area contributed by atoms with Crippen molar-refractivity contribution >= 4 is 22.5 Å². The van der Waals surface area contributed by atoms with Gasteiger partial charge < -0.3 is 15.0 Å². The number of anilines is 2. The Morgan fingerprint density at radius 3 is 2.85 bits per heavy atom. The second-order valence-electron chi connectivity index (χ2n) is 6.99. The highest BCUT2D eigenvalue weighted by molar-refractivity contribution is 5.93. The van der Waals surface area contributed by atoms with Gasteiger partial charge in [0.05, 0.1) is 17.2 Å². The van der Waals surface area contributed by atoms with Crippen molar-refractivity contribution in [3.63, 3.8) is 0 Å². The zero-order valence-electron chi connectivity index (χ0n) is 14.9. The van der Waals surface area contributed by atoms with Gasteiger partial charge in [0.1, 0.15) is 29.4 Å². The number of benzene rings is 1. The van der Waals surface area contributed by atoms with Crippen LogP contribution in [-0.2, 0) is 12.8 Å². The normalized spacial score (nSPS) is 15.8. The molecule has 5 nitrogen and oxygen atoms in total. The molecule has 0 fully saturated rings. The summed E-state index contributed by atoms with van der Waals surface area (Å²) in [6, 6.07) is 4.12. The van der Waals surface area contributed by atoms with Crippen molar-refractivity contribution in [3.05, 3.63) is 41.6 Å². The molecule has 0 atom stereocenters. The van der Waals surface area contributed by atoms with E-state index in [0.717, 1.165) is 5.69 Å². The van der Waals surface area contributed by atoms with Crippen LogP contribution in [0, 0.1) is 5.82 Å². The van der Waals surface area contributed by atoms with Gasteiger partial charge in [-0.1, -0.05) is 0 Å². The molecule has 0 spiro atoms. The zero-order valence-corrected chi connectivity index (χ0v) is 14.9. The number of nitrogens with one attached hydrogen (secondary N) is 2. The van der Waals surface area contributed by atoms with Crippen LogP contribution in [0.5, 0.6) is 5.75 Å². The first-order chi connectivity index (χ1) is 12.8. The van der Waals surface area contributed by atoms with E-state index in [4.69, 9.17) is 4.74 Å². The lowest BCUT2D eigenvalue weighted by molar-refractivity contribution is -0.0121. The highest BCUT2D eigenvalue weighted by Gasteiger charge is 2.36. The Bertz CT molecular complexity index is 1000. The average molecular weight is 376 g/mol. The molecule has 0 aliphatic heterocycles. The van der Waals surface area contributed by atoms with Crippen LogP contribution < -0.4 is 10.1 Å². The lowest BCUT2D eigenvalue weighted by Gasteiger charge is -2.22. The number of alkyl halides is 2. The van der Waals surface area contributed by atoms with Gasteiger partial charge in [-0.15, -0.1) is 0 Å². The summed E-state index contributed by atoms with van der Waals surface area (Å²) in [6.07, 6.45) is 0.918. The average Bonchev–Trinajstić information content (AvgIpc) is 2.94. The summed E-state index contributed by atoms with van der Waals surface area (Å²) < 4.78 is 47.2. The van der Waals surface area contributed by atoms with Crippen LogP contribution in [0.15, 0.2) is 24.5 Å². The minimum absolute atomic E-state index is 0.156. The van der Waals surface area contributed by atoms with Crippen LogP contribution in [0.2, 0.25) is 0 Å². The van der Waals surface area contributed by atoms with Crippen molar-refractivity contribution in [1.29, 1.82) is 0 Å². The van der Waals surface area contributed by atoms with Gasteiger partial charge in [0, 0.05) is 24.6 Å². The number of fused-ring (bicyclic) bond motifs is 3. The number of halogens is 3. The van der Waals surface area contributed by atoms with E-state index in [2.05, 4.69) is 20.3 Å². The van der Waals surface area contributed by atoms with Gasteiger partial charge in [-0.2, -0.15) is 0 Å². The molecule has 2 N–H and O–H groups in total. The molecule has 142 valence electrons. The van der Waals surface area contributed by atoms with Crippen LogP contribution >= 0.6 is 0 Å². The maximum Gasteiger partial charge on any atom is 0.252 e. The van der Waals surface area contributed by atoms with Gasteiger partial charge in [-0.05, 0) is 38.0 Å². The number of aromatic amines is 1. The molecule has 0 amide bonds. The van der Waals surface area contributed by atoms with E-state index >= 15 is 0 Å². The first kappa shape index (κ1) is 17.6. The monoisotopic (exact) mass is 376 g/mol. The van der Waals surface area contributed by atoms with Crippen molar-refractivity contribution < 1.29 is 17.9 Å². The van der Waals surface area contributed by atoms with Crippen molar-refractivity contribution in [2.45, 2.75) is 45.1 Å². The molecule has 2 aromatic heterocycles.